The van der Waals surface area contributed by atoms with Crippen LogP contribution in [-0.4, -0.2) is 53.6 Å². The number of likely N-dealkylation sites (tertiary alicyclic amines) is 1. The highest BCUT2D eigenvalue weighted by Crippen LogP contribution is 2.26. The molecule has 0 aromatic carbocycles. The summed E-state index contributed by atoms with van der Waals surface area (Å²) in [7, 11) is 1.61. The fraction of sp³-hybridized carbons (Fsp3) is 0.643. The number of ether oxygens (including phenoxy) is 1. The van der Waals surface area contributed by atoms with Crippen LogP contribution in [-0.2, 0) is 9.53 Å². The predicted octanol–water partition coefficient (Wildman–Crippen LogP) is 0.552. The van der Waals surface area contributed by atoms with Crippen LogP contribution in [0.15, 0.2) is 10.9 Å². The topological polar surface area (TPSA) is 87.3 Å². The van der Waals surface area contributed by atoms with Crippen LogP contribution < -0.4 is 10.9 Å². The summed E-state index contributed by atoms with van der Waals surface area (Å²) in [5.41, 5.74) is 0.459. The predicted molar refractivity (Wildman–Crippen MR) is 79.4 cm³/mol. The summed E-state index contributed by atoms with van der Waals surface area (Å²) in [5.74, 6) is 0.497. The van der Waals surface area contributed by atoms with Crippen molar-refractivity contribution in [3.63, 3.8) is 0 Å². The number of hydrogen-bond donors (Lipinski definition) is 2. The van der Waals surface area contributed by atoms with Gasteiger partial charge in [0.2, 0.25) is 11.9 Å². The van der Waals surface area contributed by atoms with E-state index in [0.717, 1.165) is 0 Å². The van der Waals surface area contributed by atoms with E-state index in [1.807, 2.05) is 13.8 Å². The zero-order valence-corrected chi connectivity index (χ0v) is 12.7. The third-order valence-electron chi connectivity index (χ3n) is 3.38. The Morgan fingerprint density at radius 1 is 1.52 bits per heavy atom. The van der Waals surface area contributed by atoms with Gasteiger partial charge in [-0.15, -0.1) is 0 Å². The van der Waals surface area contributed by atoms with Gasteiger partial charge in [-0.25, -0.2) is 4.98 Å². The second kappa shape index (κ2) is 6.71. The Balaban J connectivity index is 2.13. The van der Waals surface area contributed by atoms with E-state index in [4.69, 9.17) is 4.74 Å². The number of aromatic amines is 1. The van der Waals surface area contributed by atoms with Gasteiger partial charge in [0.15, 0.2) is 0 Å². The van der Waals surface area contributed by atoms with Gasteiger partial charge < -0.3 is 15.0 Å². The summed E-state index contributed by atoms with van der Waals surface area (Å²) in [6, 6.07) is 1.65. The lowest BCUT2D eigenvalue weighted by Gasteiger charge is -2.16. The fourth-order valence-electron chi connectivity index (χ4n) is 2.42. The van der Waals surface area contributed by atoms with Gasteiger partial charge in [-0.1, -0.05) is 0 Å². The Kier molecular flexibility index (Phi) is 4.95. The first kappa shape index (κ1) is 15.5. The number of methoxy groups -OCH3 is 1. The number of H-pyrrole nitrogens is 1. The number of anilines is 1. The van der Waals surface area contributed by atoms with Gasteiger partial charge in [0.05, 0.1) is 12.3 Å². The Morgan fingerprint density at radius 3 is 2.95 bits per heavy atom. The molecule has 21 heavy (non-hydrogen) atoms. The van der Waals surface area contributed by atoms with E-state index >= 15 is 0 Å². The first-order valence-corrected chi connectivity index (χ1v) is 7.14. The van der Waals surface area contributed by atoms with Gasteiger partial charge in [-0.2, -0.15) is 0 Å². The number of rotatable bonds is 6. The smallest absolute Gasteiger partial charge is 0.252 e. The number of carbonyl (C=O) groups is 1. The second-order valence-electron chi connectivity index (χ2n) is 5.55. The lowest BCUT2D eigenvalue weighted by Crippen LogP contribution is -2.28. The van der Waals surface area contributed by atoms with Gasteiger partial charge in [0, 0.05) is 44.6 Å². The van der Waals surface area contributed by atoms with E-state index in [2.05, 4.69) is 15.3 Å². The molecule has 2 rings (SSSR count). The molecule has 1 aliphatic rings. The van der Waals surface area contributed by atoms with Gasteiger partial charge in [0.25, 0.3) is 5.56 Å². The first-order valence-electron chi connectivity index (χ1n) is 7.14. The molecule has 1 atom stereocenters. The number of hydrogen-bond acceptors (Lipinski definition) is 5. The molecule has 2 N–H and O–H groups in total. The van der Waals surface area contributed by atoms with Crippen molar-refractivity contribution >= 4 is 11.9 Å². The Labute approximate surface area is 123 Å². The first-order chi connectivity index (χ1) is 9.99. The van der Waals surface area contributed by atoms with Gasteiger partial charge in [-0.3, -0.25) is 14.6 Å². The zero-order chi connectivity index (χ0) is 15.4. The summed E-state index contributed by atoms with van der Waals surface area (Å²) in [6.07, 6.45) is 0.390. The highest BCUT2D eigenvalue weighted by atomic mass is 16.5. The minimum absolute atomic E-state index is 0.0376. The molecule has 0 spiro atoms. The minimum atomic E-state index is -0.203. The number of nitrogens with zero attached hydrogens (tertiary/aromatic N) is 2. The summed E-state index contributed by atoms with van der Waals surface area (Å²) in [6.45, 7) is 5.61. The molecular weight excluding hydrogens is 272 g/mol. The van der Waals surface area contributed by atoms with Crippen LogP contribution in [0.2, 0.25) is 0 Å². The quantitative estimate of drug-likeness (QED) is 0.800. The average Bonchev–Trinajstić information content (AvgIpc) is 2.76. The van der Waals surface area contributed by atoms with Gasteiger partial charge >= 0.3 is 0 Å². The van der Waals surface area contributed by atoms with Gasteiger partial charge in [0.1, 0.15) is 0 Å². The standard InChI is InChI=1S/C14H22N4O3/c1-9(2)15-14-16-11(7-12(19)17-14)10-6-13(20)18(8-10)4-5-21-3/h7,9-10H,4-6,8H2,1-3H3,(H2,15,16,17,19)/t10-/m1/s1. The fourth-order valence-corrected chi connectivity index (χ4v) is 2.42. The number of nitrogens with one attached hydrogen (secondary N) is 2. The third-order valence-corrected chi connectivity index (χ3v) is 3.38. The lowest BCUT2D eigenvalue weighted by molar-refractivity contribution is -0.128. The molecule has 0 bridgehead atoms. The van der Waals surface area contributed by atoms with E-state index in [9.17, 15) is 9.59 Å². The Morgan fingerprint density at radius 2 is 2.29 bits per heavy atom. The number of amides is 1. The van der Waals surface area contributed by atoms with Crippen LogP contribution in [0.3, 0.4) is 0 Å². The van der Waals surface area contributed by atoms with Crippen molar-refractivity contribution in [3.8, 4) is 0 Å². The van der Waals surface area contributed by atoms with Crippen molar-refractivity contribution in [1.82, 2.24) is 14.9 Å². The molecule has 1 aliphatic heterocycles. The molecule has 1 aromatic heterocycles. The van der Waals surface area contributed by atoms with Crippen LogP contribution in [0.25, 0.3) is 0 Å². The molecule has 1 saturated heterocycles. The highest BCUT2D eigenvalue weighted by molar-refractivity contribution is 5.79. The van der Waals surface area contributed by atoms with Crippen molar-refractivity contribution < 1.29 is 9.53 Å². The van der Waals surface area contributed by atoms with E-state index in [0.29, 0.717) is 37.8 Å². The van der Waals surface area contributed by atoms with Crippen molar-refractivity contribution in [2.45, 2.75) is 32.2 Å². The molecule has 7 heteroatoms. The molecule has 0 radical (unpaired) electrons. The Hall–Kier alpha value is -1.89. The Bertz CT molecular complexity index is 555. The number of aromatic nitrogens is 2. The molecule has 2 heterocycles. The number of carbonyl (C=O) groups excluding carboxylic acids is 1. The van der Waals surface area contributed by atoms with Crippen LogP contribution >= 0.6 is 0 Å². The molecule has 0 saturated carbocycles. The molecule has 116 valence electrons. The molecule has 1 fully saturated rings. The lowest BCUT2D eigenvalue weighted by atomic mass is 10.0. The maximum absolute atomic E-state index is 12.0. The van der Waals surface area contributed by atoms with Crippen LogP contribution in [0.4, 0.5) is 5.95 Å². The van der Waals surface area contributed by atoms with E-state index in [1.54, 1.807) is 12.0 Å². The summed E-state index contributed by atoms with van der Waals surface area (Å²) >= 11 is 0. The van der Waals surface area contributed by atoms with E-state index in [-0.39, 0.29) is 23.4 Å². The maximum Gasteiger partial charge on any atom is 0.252 e. The molecule has 1 amide bonds. The summed E-state index contributed by atoms with van der Waals surface area (Å²) < 4.78 is 5.00. The maximum atomic E-state index is 12.0. The average molecular weight is 294 g/mol. The SMILES string of the molecule is COCCN1C[C@H](c2cc(=O)[nH]c(NC(C)C)n2)CC1=O. The third kappa shape index (κ3) is 4.04. The van der Waals surface area contributed by atoms with Crippen molar-refractivity contribution in [2.24, 2.45) is 0 Å². The molecule has 0 aliphatic carbocycles. The minimum Gasteiger partial charge on any atom is -0.383 e. The van der Waals surface area contributed by atoms with E-state index < -0.39 is 0 Å². The van der Waals surface area contributed by atoms with Crippen LogP contribution in [0.1, 0.15) is 31.9 Å². The van der Waals surface area contributed by atoms with Crippen molar-refractivity contribution in [2.75, 3.05) is 32.1 Å². The van der Waals surface area contributed by atoms with Crippen LogP contribution in [0.5, 0.6) is 0 Å². The largest absolute Gasteiger partial charge is 0.383 e. The van der Waals surface area contributed by atoms with Crippen molar-refractivity contribution in [1.29, 1.82) is 0 Å². The highest BCUT2D eigenvalue weighted by Gasteiger charge is 2.31. The molecule has 7 nitrogen and oxygen atoms in total. The normalized spacial score (nSPS) is 18.6. The summed E-state index contributed by atoms with van der Waals surface area (Å²) in [4.78, 5) is 32.5. The molecule has 0 unspecified atom stereocenters. The van der Waals surface area contributed by atoms with Crippen molar-refractivity contribution in [3.05, 3.63) is 22.1 Å². The monoisotopic (exact) mass is 294 g/mol. The molecular formula is C14H22N4O3. The van der Waals surface area contributed by atoms with E-state index in [1.165, 1.54) is 6.07 Å². The second-order valence-corrected chi connectivity index (χ2v) is 5.55. The van der Waals surface area contributed by atoms with Crippen LogP contribution in [0, 0.1) is 0 Å². The zero-order valence-electron chi connectivity index (χ0n) is 12.7. The summed E-state index contributed by atoms with van der Waals surface area (Å²) in [5, 5.41) is 3.08. The molecule has 1 aromatic rings. The van der Waals surface area contributed by atoms with Gasteiger partial charge in [-0.05, 0) is 13.8 Å².